The lowest BCUT2D eigenvalue weighted by Crippen LogP contribution is -2.12. The number of hydrogen-bond acceptors (Lipinski definition) is 3. The standard InChI is InChI=1S/C12H16O3S/c1-2-16(13,14)15-12-8-7-10-5-3-4-6-11(10)9-12/h7-9H,2-6H2,1H3. The van der Waals surface area contributed by atoms with Gasteiger partial charge in [-0.25, -0.2) is 0 Å². The molecule has 0 aliphatic heterocycles. The molecule has 1 aromatic carbocycles. The predicted octanol–water partition coefficient (Wildman–Crippen LogP) is 2.29. The maximum atomic E-state index is 11.3. The fourth-order valence-electron chi connectivity index (χ4n) is 1.97. The van der Waals surface area contributed by atoms with Gasteiger partial charge in [0.25, 0.3) is 0 Å². The lowest BCUT2D eigenvalue weighted by molar-refractivity contribution is 0.486. The van der Waals surface area contributed by atoms with Crippen LogP contribution in [0.2, 0.25) is 0 Å². The molecule has 2 rings (SSSR count). The zero-order valence-electron chi connectivity index (χ0n) is 9.40. The lowest BCUT2D eigenvalue weighted by Gasteiger charge is -2.16. The summed E-state index contributed by atoms with van der Waals surface area (Å²) in [4.78, 5) is 0. The molecule has 3 nitrogen and oxygen atoms in total. The van der Waals surface area contributed by atoms with Gasteiger partial charge in [0, 0.05) is 0 Å². The van der Waals surface area contributed by atoms with E-state index in [2.05, 4.69) is 0 Å². The molecule has 0 saturated heterocycles. The summed E-state index contributed by atoms with van der Waals surface area (Å²) in [6.45, 7) is 1.58. The first-order valence-corrected chi connectivity index (χ1v) is 7.22. The molecule has 0 heterocycles. The number of aryl methyl sites for hydroxylation is 2. The van der Waals surface area contributed by atoms with E-state index in [1.54, 1.807) is 13.0 Å². The van der Waals surface area contributed by atoms with Gasteiger partial charge in [-0.3, -0.25) is 0 Å². The van der Waals surface area contributed by atoms with Gasteiger partial charge in [-0.1, -0.05) is 6.07 Å². The fraction of sp³-hybridized carbons (Fsp3) is 0.500. The Kier molecular flexibility index (Phi) is 3.19. The maximum absolute atomic E-state index is 11.3. The van der Waals surface area contributed by atoms with Gasteiger partial charge in [0.1, 0.15) is 5.75 Å². The van der Waals surface area contributed by atoms with Crippen molar-refractivity contribution in [1.82, 2.24) is 0 Å². The van der Waals surface area contributed by atoms with Crippen LogP contribution >= 0.6 is 0 Å². The summed E-state index contributed by atoms with van der Waals surface area (Å²) in [5.74, 6) is 0.451. The van der Waals surface area contributed by atoms with Crippen molar-refractivity contribution in [1.29, 1.82) is 0 Å². The number of fused-ring (bicyclic) bond motifs is 1. The SMILES string of the molecule is CCS(=O)(=O)Oc1ccc2c(c1)CCCC2. The van der Waals surface area contributed by atoms with Crippen molar-refractivity contribution < 1.29 is 12.6 Å². The Labute approximate surface area is 96.6 Å². The smallest absolute Gasteiger partial charge is 0.308 e. The van der Waals surface area contributed by atoms with Gasteiger partial charge in [0.2, 0.25) is 0 Å². The molecule has 0 radical (unpaired) electrons. The van der Waals surface area contributed by atoms with E-state index in [4.69, 9.17) is 4.18 Å². The van der Waals surface area contributed by atoms with Crippen LogP contribution in [0, 0.1) is 0 Å². The Morgan fingerprint density at radius 2 is 1.88 bits per heavy atom. The molecule has 1 aliphatic carbocycles. The minimum Gasteiger partial charge on any atom is -0.382 e. The molecule has 0 bridgehead atoms. The van der Waals surface area contributed by atoms with E-state index in [9.17, 15) is 8.42 Å². The van der Waals surface area contributed by atoms with E-state index < -0.39 is 10.1 Å². The molecular weight excluding hydrogens is 224 g/mol. The van der Waals surface area contributed by atoms with Crippen molar-refractivity contribution in [2.45, 2.75) is 32.6 Å². The summed E-state index contributed by atoms with van der Waals surface area (Å²) in [6.07, 6.45) is 4.52. The summed E-state index contributed by atoms with van der Waals surface area (Å²) >= 11 is 0. The highest BCUT2D eigenvalue weighted by molar-refractivity contribution is 7.87. The Morgan fingerprint density at radius 1 is 1.19 bits per heavy atom. The largest absolute Gasteiger partial charge is 0.382 e. The highest BCUT2D eigenvalue weighted by atomic mass is 32.2. The van der Waals surface area contributed by atoms with E-state index >= 15 is 0 Å². The van der Waals surface area contributed by atoms with Crippen molar-refractivity contribution in [3.05, 3.63) is 29.3 Å². The van der Waals surface area contributed by atoms with E-state index in [-0.39, 0.29) is 5.75 Å². The second kappa shape index (κ2) is 4.45. The third-order valence-corrected chi connectivity index (χ3v) is 4.05. The summed E-state index contributed by atoms with van der Waals surface area (Å²) in [5, 5.41) is 0. The monoisotopic (exact) mass is 240 g/mol. The van der Waals surface area contributed by atoms with Crippen LogP contribution in [-0.2, 0) is 23.0 Å². The highest BCUT2D eigenvalue weighted by Crippen LogP contribution is 2.25. The first-order valence-electron chi connectivity index (χ1n) is 5.65. The van der Waals surface area contributed by atoms with E-state index in [0.29, 0.717) is 5.75 Å². The minimum absolute atomic E-state index is 0.00405. The van der Waals surface area contributed by atoms with Gasteiger partial charge < -0.3 is 4.18 Å². The summed E-state index contributed by atoms with van der Waals surface area (Å²) in [7, 11) is -3.40. The number of hydrogen-bond donors (Lipinski definition) is 0. The highest BCUT2D eigenvalue weighted by Gasteiger charge is 2.13. The molecule has 0 N–H and O–H groups in total. The number of benzene rings is 1. The van der Waals surface area contributed by atoms with Crippen molar-refractivity contribution in [3.8, 4) is 5.75 Å². The molecule has 0 saturated carbocycles. The molecule has 0 aromatic heterocycles. The van der Waals surface area contributed by atoms with Crippen LogP contribution in [0.15, 0.2) is 18.2 Å². The Morgan fingerprint density at radius 3 is 2.56 bits per heavy atom. The summed E-state index contributed by atoms with van der Waals surface area (Å²) in [6, 6.07) is 5.59. The molecule has 1 aliphatic rings. The first kappa shape index (κ1) is 11.5. The van der Waals surface area contributed by atoms with Crippen molar-refractivity contribution in [3.63, 3.8) is 0 Å². The van der Waals surface area contributed by atoms with Crippen LogP contribution in [0.3, 0.4) is 0 Å². The molecule has 4 heteroatoms. The van der Waals surface area contributed by atoms with Gasteiger partial charge in [-0.15, -0.1) is 0 Å². The van der Waals surface area contributed by atoms with Gasteiger partial charge in [-0.05, 0) is 55.9 Å². The van der Waals surface area contributed by atoms with Crippen LogP contribution in [0.1, 0.15) is 30.9 Å². The average Bonchev–Trinajstić information content (AvgIpc) is 2.28. The van der Waals surface area contributed by atoms with Crippen LogP contribution in [0.25, 0.3) is 0 Å². The molecule has 0 amide bonds. The summed E-state index contributed by atoms with van der Waals surface area (Å²) < 4.78 is 27.6. The van der Waals surface area contributed by atoms with Gasteiger partial charge >= 0.3 is 10.1 Å². The molecule has 0 spiro atoms. The van der Waals surface area contributed by atoms with Crippen molar-refractivity contribution >= 4 is 10.1 Å². The van der Waals surface area contributed by atoms with Gasteiger partial charge in [0.15, 0.2) is 0 Å². The fourth-order valence-corrected chi connectivity index (χ4v) is 2.48. The molecular formula is C12H16O3S. The molecule has 16 heavy (non-hydrogen) atoms. The third-order valence-electron chi connectivity index (χ3n) is 2.90. The second-order valence-electron chi connectivity index (χ2n) is 4.07. The third kappa shape index (κ3) is 2.55. The zero-order valence-corrected chi connectivity index (χ0v) is 10.2. The van der Waals surface area contributed by atoms with Crippen LogP contribution in [0.4, 0.5) is 0 Å². The quantitative estimate of drug-likeness (QED) is 0.761. The maximum Gasteiger partial charge on any atom is 0.308 e. The van der Waals surface area contributed by atoms with E-state index in [0.717, 1.165) is 12.8 Å². The lowest BCUT2D eigenvalue weighted by atomic mass is 9.92. The van der Waals surface area contributed by atoms with Gasteiger partial charge in [0.05, 0.1) is 5.75 Å². The molecule has 0 atom stereocenters. The number of rotatable bonds is 3. The van der Waals surface area contributed by atoms with Gasteiger partial charge in [-0.2, -0.15) is 8.42 Å². The normalized spacial score (nSPS) is 15.6. The molecule has 1 aromatic rings. The summed E-state index contributed by atoms with van der Waals surface area (Å²) in [5.41, 5.74) is 2.56. The van der Waals surface area contributed by atoms with Crippen LogP contribution in [-0.4, -0.2) is 14.2 Å². The average molecular weight is 240 g/mol. The van der Waals surface area contributed by atoms with E-state index in [1.165, 1.54) is 24.0 Å². The topological polar surface area (TPSA) is 43.4 Å². The van der Waals surface area contributed by atoms with Crippen molar-refractivity contribution in [2.24, 2.45) is 0 Å². The Hall–Kier alpha value is -1.03. The minimum atomic E-state index is -3.40. The second-order valence-corrected chi connectivity index (χ2v) is 5.93. The Bertz CT molecular complexity index is 477. The van der Waals surface area contributed by atoms with Crippen LogP contribution in [0.5, 0.6) is 5.75 Å². The first-order chi connectivity index (χ1) is 7.61. The predicted molar refractivity (Wildman–Crippen MR) is 63.2 cm³/mol. The van der Waals surface area contributed by atoms with Crippen molar-refractivity contribution in [2.75, 3.05) is 5.75 Å². The Balaban J connectivity index is 2.24. The zero-order chi connectivity index (χ0) is 11.6. The molecule has 0 unspecified atom stereocenters. The van der Waals surface area contributed by atoms with Crippen LogP contribution < -0.4 is 4.18 Å². The molecule has 88 valence electrons. The van der Waals surface area contributed by atoms with E-state index in [1.807, 2.05) is 12.1 Å². The molecule has 0 fully saturated rings.